The van der Waals surface area contributed by atoms with E-state index in [0.29, 0.717) is 9.58 Å². The first-order chi connectivity index (χ1) is 10.0. The van der Waals surface area contributed by atoms with E-state index < -0.39 is 17.7 Å². The molecule has 1 N–H and O–H groups in total. The quantitative estimate of drug-likeness (QED) is 0.750. The van der Waals surface area contributed by atoms with E-state index in [1.807, 2.05) is 0 Å². The molecule has 0 aliphatic carbocycles. The molecule has 0 aliphatic rings. The van der Waals surface area contributed by atoms with Crippen LogP contribution in [0, 0.1) is 17.5 Å². The molecule has 0 saturated carbocycles. The van der Waals surface area contributed by atoms with Crippen LogP contribution < -0.4 is 0 Å². The van der Waals surface area contributed by atoms with Gasteiger partial charge in [0, 0.05) is 16.0 Å². The van der Waals surface area contributed by atoms with Crippen LogP contribution in [0.1, 0.15) is 16.5 Å². The SMILES string of the molecule is OC(Cc1cccc(F)c1F)c1cc2ccc(F)cc2s1. The predicted molar refractivity (Wildman–Crippen MR) is 76.8 cm³/mol. The first-order valence-electron chi connectivity index (χ1n) is 6.34. The molecule has 1 nitrogen and oxygen atoms in total. The number of benzene rings is 2. The van der Waals surface area contributed by atoms with Crippen LogP contribution in [0.5, 0.6) is 0 Å². The third kappa shape index (κ3) is 2.80. The van der Waals surface area contributed by atoms with Gasteiger partial charge in [-0.25, -0.2) is 13.2 Å². The number of aliphatic hydroxyl groups is 1. The lowest BCUT2D eigenvalue weighted by atomic mass is 10.1. The maximum absolute atomic E-state index is 13.6. The van der Waals surface area contributed by atoms with Gasteiger partial charge in [-0.1, -0.05) is 18.2 Å². The molecule has 0 spiro atoms. The molecule has 0 saturated heterocycles. The van der Waals surface area contributed by atoms with Gasteiger partial charge in [-0.3, -0.25) is 0 Å². The van der Waals surface area contributed by atoms with Gasteiger partial charge < -0.3 is 5.11 Å². The predicted octanol–water partition coefficient (Wildman–Crippen LogP) is 4.59. The van der Waals surface area contributed by atoms with Crippen molar-refractivity contribution in [2.75, 3.05) is 0 Å². The molecular formula is C16H11F3OS. The largest absolute Gasteiger partial charge is 0.387 e. The van der Waals surface area contributed by atoms with Gasteiger partial charge in [-0.15, -0.1) is 11.3 Å². The topological polar surface area (TPSA) is 20.2 Å². The smallest absolute Gasteiger partial charge is 0.162 e. The molecule has 1 atom stereocenters. The number of thiophene rings is 1. The monoisotopic (exact) mass is 308 g/mol. The average molecular weight is 308 g/mol. The van der Waals surface area contributed by atoms with Crippen molar-refractivity contribution in [2.45, 2.75) is 12.5 Å². The summed E-state index contributed by atoms with van der Waals surface area (Å²) in [5.74, 6) is -2.22. The molecule has 1 unspecified atom stereocenters. The standard InChI is InChI=1S/C16H11F3OS/c17-11-5-4-9-7-15(21-14(9)8-11)13(20)6-10-2-1-3-12(18)16(10)19/h1-5,7-8,13,20H,6H2. The molecule has 0 fully saturated rings. The molecule has 3 aromatic rings. The molecule has 5 heteroatoms. The maximum atomic E-state index is 13.6. The number of halogens is 3. The van der Waals surface area contributed by atoms with Gasteiger partial charge in [-0.05, 0) is 35.2 Å². The molecule has 1 aromatic heterocycles. The Labute approximate surface area is 123 Å². The number of fused-ring (bicyclic) bond motifs is 1. The summed E-state index contributed by atoms with van der Waals surface area (Å²) >= 11 is 1.24. The molecular weight excluding hydrogens is 297 g/mol. The van der Waals surface area contributed by atoms with Gasteiger partial charge >= 0.3 is 0 Å². The van der Waals surface area contributed by atoms with Crippen LogP contribution >= 0.6 is 11.3 Å². The van der Waals surface area contributed by atoms with Crippen molar-refractivity contribution in [3.63, 3.8) is 0 Å². The van der Waals surface area contributed by atoms with E-state index in [1.165, 1.54) is 35.6 Å². The van der Waals surface area contributed by atoms with Crippen LogP contribution in [0.25, 0.3) is 10.1 Å². The lowest BCUT2D eigenvalue weighted by Crippen LogP contribution is -2.03. The van der Waals surface area contributed by atoms with E-state index in [2.05, 4.69) is 0 Å². The fourth-order valence-electron chi connectivity index (χ4n) is 2.20. The number of rotatable bonds is 3. The lowest BCUT2D eigenvalue weighted by Gasteiger charge is -2.09. The minimum Gasteiger partial charge on any atom is -0.387 e. The van der Waals surface area contributed by atoms with Crippen LogP contribution in [0.15, 0.2) is 42.5 Å². The zero-order valence-electron chi connectivity index (χ0n) is 10.8. The molecule has 0 aliphatic heterocycles. The highest BCUT2D eigenvalue weighted by atomic mass is 32.1. The minimum absolute atomic E-state index is 0.0289. The van der Waals surface area contributed by atoms with Gasteiger partial charge in [-0.2, -0.15) is 0 Å². The zero-order chi connectivity index (χ0) is 15.0. The van der Waals surface area contributed by atoms with Gasteiger partial charge in [0.25, 0.3) is 0 Å². The summed E-state index contributed by atoms with van der Waals surface area (Å²) in [7, 11) is 0. The minimum atomic E-state index is -0.957. The third-order valence-corrected chi connectivity index (χ3v) is 4.47. The molecule has 108 valence electrons. The Morgan fingerprint density at radius 1 is 1.05 bits per heavy atom. The van der Waals surface area contributed by atoms with Crippen molar-refractivity contribution in [3.8, 4) is 0 Å². The fraction of sp³-hybridized carbons (Fsp3) is 0.125. The first kappa shape index (κ1) is 14.1. The normalized spacial score (nSPS) is 12.8. The number of hydrogen-bond donors (Lipinski definition) is 1. The van der Waals surface area contributed by atoms with Gasteiger partial charge in [0.15, 0.2) is 11.6 Å². The second-order valence-corrected chi connectivity index (χ2v) is 5.88. The Morgan fingerprint density at radius 2 is 1.86 bits per heavy atom. The second kappa shape index (κ2) is 5.50. The highest BCUT2D eigenvalue weighted by Crippen LogP contribution is 2.32. The Kier molecular flexibility index (Phi) is 3.69. The van der Waals surface area contributed by atoms with Crippen molar-refractivity contribution in [2.24, 2.45) is 0 Å². The summed E-state index contributed by atoms with van der Waals surface area (Å²) in [6.45, 7) is 0. The van der Waals surface area contributed by atoms with Crippen LogP contribution in [0.2, 0.25) is 0 Å². The van der Waals surface area contributed by atoms with Crippen molar-refractivity contribution < 1.29 is 18.3 Å². The van der Waals surface area contributed by atoms with Crippen molar-refractivity contribution in [3.05, 3.63) is 70.4 Å². The van der Waals surface area contributed by atoms with Gasteiger partial charge in [0.2, 0.25) is 0 Å². The van der Waals surface area contributed by atoms with Crippen LogP contribution in [0.4, 0.5) is 13.2 Å². The molecule has 0 amide bonds. The molecule has 21 heavy (non-hydrogen) atoms. The van der Waals surface area contributed by atoms with E-state index in [4.69, 9.17) is 0 Å². The van der Waals surface area contributed by atoms with E-state index in [1.54, 1.807) is 12.1 Å². The summed E-state index contributed by atoms with van der Waals surface area (Å²) in [5.41, 5.74) is 0.117. The summed E-state index contributed by atoms with van der Waals surface area (Å²) in [6, 6.07) is 9.97. The Balaban J connectivity index is 1.89. The molecule has 0 radical (unpaired) electrons. The summed E-state index contributed by atoms with van der Waals surface area (Å²) in [6.07, 6.45) is -0.986. The Hall–Kier alpha value is -1.85. The highest BCUT2D eigenvalue weighted by molar-refractivity contribution is 7.19. The molecule has 3 rings (SSSR count). The van der Waals surface area contributed by atoms with Gasteiger partial charge in [0.05, 0.1) is 6.10 Å². The first-order valence-corrected chi connectivity index (χ1v) is 7.16. The average Bonchev–Trinajstić information content (AvgIpc) is 2.87. The number of hydrogen-bond acceptors (Lipinski definition) is 2. The summed E-state index contributed by atoms with van der Waals surface area (Å²) < 4.78 is 40.6. The van der Waals surface area contributed by atoms with E-state index in [9.17, 15) is 18.3 Å². The Bertz CT molecular complexity index is 797. The summed E-state index contributed by atoms with van der Waals surface area (Å²) in [5, 5.41) is 11.0. The fourth-order valence-corrected chi connectivity index (χ4v) is 3.28. The zero-order valence-corrected chi connectivity index (χ0v) is 11.6. The van der Waals surface area contributed by atoms with Crippen LogP contribution in [-0.4, -0.2) is 5.11 Å². The third-order valence-electron chi connectivity index (χ3n) is 3.27. The van der Waals surface area contributed by atoms with E-state index >= 15 is 0 Å². The highest BCUT2D eigenvalue weighted by Gasteiger charge is 2.16. The maximum Gasteiger partial charge on any atom is 0.162 e. The molecule has 0 bridgehead atoms. The van der Waals surface area contributed by atoms with Crippen molar-refractivity contribution in [1.82, 2.24) is 0 Å². The second-order valence-electron chi connectivity index (χ2n) is 4.76. The lowest BCUT2D eigenvalue weighted by molar-refractivity contribution is 0.180. The van der Waals surface area contributed by atoms with Crippen LogP contribution in [-0.2, 0) is 6.42 Å². The Morgan fingerprint density at radius 3 is 2.67 bits per heavy atom. The van der Waals surface area contributed by atoms with E-state index in [-0.39, 0.29) is 17.8 Å². The van der Waals surface area contributed by atoms with E-state index in [0.717, 1.165) is 11.5 Å². The van der Waals surface area contributed by atoms with Crippen LogP contribution in [0.3, 0.4) is 0 Å². The number of aliphatic hydroxyl groups excluding tert-OH is 1. The van der Waals surface area contributed by atoms with Gasteiger partial charge in [0.1, 0.15) is 5.82 Å². The van der Waals surface area contributed by atoms with Crippen molar-refractivity contribution >= 4 is 21.4 Å². The van der Waals surface area contributed by atoms with Crippen molar-refractivity contribution in [1.29, 1.82) is 0 Å². The molecule has 2 aromatic carbocycles. The summed E-state index contributed by atoms with van der Waals surface area (Å²) in [4.78, 5) is 0.597. The molecule has 1 heterocycles.